The van der Waals surface area contributed by atoms with Crippen LogP contribution in [0.4, 0.5) is 5.69 Å². The van der Waals surface area contributed by atoms with Gasteiger partial charge in [0.05, 0.1) is 12.9 Å². The van der Waals surface area contributed by atoms with Gasteiger partial charge in [0.2, 0.25) is 5.91 Å². The van der Waals surface area contributed by atoms with E-state index in [-0.39, 0.29) is 11.7 Å². The van der Waals surface area contributed by atoms with Crippen molar-refractivity contribution in [3.63, 3.8) is 0 Å². The molecular weight excluding hydrogens is 374 g/mol. The Balaban J connectivity index is 1.50. The van der Waals surface area contributed by atoms with Crippen molar-refractivity contribution in [1.82, 2.24) is 19.8 Å². The Morgan fingerprint density at radius 2 is 1.82 bits per heavy atom. The highest BCUT2D eigenvalue weighted by Gasteiger charge is 2.11. The Bertz CT molecular complexity index is 1100. The number of nitrogens with one attached hydrogen (secondary N) is 1. The fourth-order valence-electron chi connectivity index (χ4n) is 2.63. The summed E-state index contributed by atoms with van der Waals surface area (Å²) < 4.78 is 6.87. The summed E-state index contributed by atoms with van der Waals surface area (Å²) in [7, 11) is 1.63. The normalized spacial score (nSPS) is 10.8. The quantitative estimate of drug-likeness (QED) is 0.507. The van der Waals surface area contributed by atoms with E-state index in [0.717, 1.165) is 17.0 Å². The molecule has 28 heavy (non-hydrogen) atoms. The molecular formula is C20H17N5O2S. The van der Waals surface area contributed by atoms with Crippen LogP contribution in [0.15, 0.2) is 71.8 Å². The molecule has 0 aliphatic rings. The van der Waals surface area contributed by atoms with Crippen LogP contribution in [-0.4, -0.2) is 38.6 Å². The predicted molar refractivity (Wildman–Crippen MR) is 109 cm³/mol. The number of hydrogen-bond acceptors (Lipinski definition) is 6. The third kappa shape index (κ3) is 3.96. The molecule has 0 atom stereocenters. The zero-order valence-electron chi connectivity index (χ0n) is 15.1. The number of ether oxygens (including phenoxy) is 1. The van der Waals surface area contributed by atoms with E-state index < -0.39 is 0 Å². The van der Waals surface area contributed by atoms with Crippen molar-refractivity contribution in [3.05, 3.63) is 66.7 Å². The van der Waals surface area contributed by atoms with Crippen molar-refractivity contribution in [2.45, 2.75) is 5.03 Å². The van der Waals surface area contributed by atoms with Gasteiger partial charge in [0.15, 0.2) is 11.5 Å². The summed E-state index contributed by atoms with van der Waals surface area (Å²) in [5.74, 6) is 1.57. The molecule has 0 saturated carbocycles. The van der Waals surface area contributed by atoms with Gasteiger partial charge in [-0.2, -0.15) is 9.61 Å². The minimum absolute atomic E-state index is 0.0859. The number of carbonyl (C=O) groups is 1. The topological polar surface area (TPSA) is 81.4 Å². The summed E-state index contributed by atoms with van der Waals surface area (Å²) >= 11 is 1.36. The van der Waals surface area contributed by atoms with Crippen molar-refractivity contribution in [1.29, 1.82) is 0 Å². The van der Waals surface area contributed by atoms with E-state index in [1.54, 1.807) is 11.6 Å². The Kier molecular flexibility index (Phi) is 5.20. The number of hydrogen-bond donors (Lipinski definition) is 1. The van der Waals surface area contributed by atoms with Gasteiger partial charge in [0, 0.05) is 11.3 Å². The van der Waals surface area contributed by atoms with E-state index in [1.807, 2.05) is 66.7 Å². The minimum Gasteiger partial charge on any atom is -0.497 e. The molecule has 0 bridgehead atoms. The number of anilines is 1. The monoisotopic (exact) mass is 391 g/mol. The van der Waals surface area contributed by atoms with Crippen LogP contribution in [0.25, 0.3) is 17.0 Å². The van der Waals surface area contributed by atoms with E-state index in [0.29, 0.717) is 16.5 Å². The molecule has 140 valence electrons. The molecule has 8 heteroatoms. The molecule has 0 aliphatic heterocycles. The zero-order chi connectivity index (χ0) is 19.3. The lowest BCUT2D eigenvalue weighted by Gasteiger charge is -2.05. The number of benzene rings is 2. The van der Waals surface area contributed by atoms with Crippen molar-refractivity contribution in [2.24, 2.45) is 0 Å². The van der Waals surface area contributed by atoms with Gasteiger partial charge >= 0.3 is 0 Å². The lowest BCUT2D eigenvalue weighted by Crippen LogP contribution is -2.14. The number of carbonyl (C=O) groups excluding carboxylic acids is 1. The smallest absolute Gasteiger partial charge is 0.234 e. The maximum atomic E-state index is 12.1. The number of thioether (sulfide) groups is 1. The van der Waals surface area contributed by atoms with Crippen molar-refractivity contribution < 1.29 is 9.53 Å². The van der Waals surface area contributed by atoms with Gasteiger partial charge in [-0.05, 0) is 48.5 Å². The van der Waals surface area contributed by atoms with Crippen LogP contribution in [0.5, 0.6) is 5.75 Å². The molecule has 0 unspecified atom stereocenters. The Morgan fingerprint density at radius 1 is 1.04 bits per heavy atom. The van der Waals surface area contributed by atoms with Crippen molar-refractivity contribution in [3.8, 4) is 17.1 Å². The standard InChI is InChI=1S/C20H17N5O2S/c1-27-16-9-7-14(8-10-16)20-23-22-17-11-12-19(24-25(17)20)28-13-18(26)21-15-5-3-2-4-6-15/h2-12H,13H2,1H3,(H,21,26). The first-order valence-electron chi connectivity index (χ1n) is 8.57. The maximum absolute atomic E-state index is 12.1. The molecule has 2 aromatic carbocycles. The number of fused-ring (bicyclic) bond motifs is 1. The van der Waals surface area contributed by atoms with Gasteiger partial charge < -0.3 is 10.1 Å². The Labute approximate surface area is 165 Å². The molecule has 0 spiro atoms. The Hall–Kier alpha value is -3.39. The van der Waals surface area contributed by atoms with Crippen LogP contribution in [-0.2, 0) is 4.79 Å². The Morgan fingerprint density at radius 3 is 2.57 bits per heavy atom. The SMILES string of the molecule is COc1ccc(-c2nnc3ccc(SCC(=O)Nc4ccccc4)nn23)cc1. The molecule has 0 fully saturated rings. The first-order chi connectivity index (χ1) is 13.7. The van der Waals surface area contributed by atoms with Gasteiger partial charge in [0.25, 0.3) is 0 Å². The van der Waals surface area contributed by atoms with Gasteiger partial charge in [-0.25, -0.2) is 0 Å². The number of amides is 1. The maximum Gasteiger partial charge on any atom is 0.234 e. The molecule has 1 N–H and O–H groups in total. The third-order valence-corrected chi connectivity index (χ3v) is 4.92. The molecule has 1 amide bonds. The lowest BCUT2D eigenvalue weighted by atomic mass is 10.2. The van der Waals surface area contributed by atoms with E-state index in [4.69, 9.17) is 4.74 Å². The fraction of sp³-hybridized carbons (Fsp3) is 0.100. The van der Waals surface area contributed by atoms with E-state index in [1.165, 1.54) is 11.8 Å². The third-order valence-electron chi connectivity index (χ3n) is 4.00. The predicted octanol–water partition coefficient (Wildman–Crippen LogP) is 3.53. The highest BCUT2D eigenvalue weighted by molar-refractivity contribution is 7.99. The highest BCUT2D eigenvalue weighted by atomic mass is 32.2. The van der Waals surface area contributed by atoms with Gasteiger partial charge in [-0.15, -0.1) is 10.2 Å². The summed E-state index contributed by atoms with van der Waals surface area (Å²) in [5, 5.41) is 16.5. The average Bonchev–Trinajstić information content (AvgIpc) is 3.16. The lowest BCUT2D eigenvalue weighted by molar-refractivity contribution is -0.113. The van der Waals surface area contributed by atoms with Crippen LogP contribution < -0.4 is 10.1 Å². The molecule has 0 saturated heterocycles. The summed E-state index contributed by atoms with van der Waals surface area (Å²) in [6, 6.07) is 20.6. The second-order valence-electron chi connectivity index (χ2n) is 5.90. The van der Waals surface area contributed by atoms with Gasteiger partial charge in [-0.3, -0.25) is 4.79 Å². The molecule has 7 nitrogen and oxygen atoms in total. The van der Waals surface area contributed by atoms with Crippen LogP contribution >= 0.6 is 11.8 Å². The molecule has 0 aliphatic carbocycles. The number of methoxy groups -OCH3 is 1. The number of para-hydroxylation sites is 1. The molecule has 4 rings (SSSR count). The fourth-order valence-corrected chi connectivity index (χ4v) is 3.28. The van der Waals surface area contributed by atoms with E-state index in [9.17, 15) is 4.79 Å². The molecule has 2 aromatic heterocycles. The number of aromatic nitrogens is 4. The van der Waals surface area contributed by atoms with E-state index in [2.05, 4.69) is 20.6 Å². The molecule has 2 heterocycles. The van der Waals surface area contributed by atoms with Gasteiger partial charge in [0.1, 0.15) is 10.8 Å². The number of nitrogens with zero attached hydrogens (tertiary/aromatic N) is 4. The summed E-state index contributed by atoms with van der Waals surface area (Å²) in [6.07, 6.45) is 0. The van der Waals surface area contributed by atoms with Gasteiger partial charge in [-0.1, -0.05) is 30.0 Å². The summed E-state index contributed by atoms with van der Waals surface area (Å²) in [5.41, 5.74) is 2.30. The minimum atomic E-state index is -0.0859. The highest BCUT2D eigenvalue weighted by Crippen LogP contribution is 2.23. The van der Waals surface area contributed by atoms with Crippen molar-refractivity contribution >= 4 is 29.0 Å². The van der Waals surface area contributed by atoms with Crippen LogP contribution in [0.2, 0.25) is 0 Å². The largest absolute Gasteiger partial charge is 0.497 e. The first-order valence-corrected chi connectivity index (χ1v) is 9.56. The molecule has 4 aromatic rings. The molecule has 0 radical (unpaired) electrons. The summed E-state index contributed by atoms with van der Waals surface area (Å²) in [4.78, 5) is 12.1. The average molecular weight is 391 g/mol. The van der Waals surface area contributed by atoms with Crippen LogP contribution in [0.3, 0.4) is 0 Å². The first kappa shape index (κ1) is 18.0. The van der Waals surface area contributed by atoms with Crippen LogP contribution in [0, 0.1) is 0 Å². The second kappa shape index (κ2) is 8.10. The summed E-state index contributed by atoms with van der Waals surface area (Å²) in [6.45, 7) is 0. The van der Waals surface area contributed by atoms with Crippen molar-refractivity contribution in [2.75, 3.05) is 18.2 Å². The van der Waals surface area contributed by atoms with Crippen LogP contribution in [0.1, 0.15) is 0 Å². The second-order valence-corrected chi connectivity index (χ2v) is 6.89. The van der Waals surface area contributed by atoms with E-state index >= 15 is 0 Å². The zero-order valence-corrected chi connectivity index (χ0v) is 15.9. The number of rotatable bonds is 6.